The molecule has 0 spiro atoms. The first kappa shape index (κ1) is 12.9. The summed E-state index contributed by atoms with van der Waals surface area (Å²) in [6.45, 7) is 5.08. The van der Waals surface area contributed by atoms with Crippen LogP contribution in [0.5, 0.6) is 0 Å². The molecule has 3 aliphatic rings. The Morgan fingerprint density at radius 1 is 0.667 bits per heavy atom. The summed E-state index contributed by atoms with van der Waals surface area (Å²) in [4.78, 5) is 5.30. The minimum Gasteiger partial charge on any atom is -0.391 e. The van der Waals surface area contributed by atoms with E-state index in [1.54, 1.807) is 0 Å². The molecule has 3 heteroatoms. The topological polar surface area (TPSA) is 26.7 Å². The first-order valence-corrected chi connectivity index (χ1v) is 8.01. The van der Waals surface area contributed by atoms with Crippen molar-refractivity contribution in [1.82, 2.24) is 9.80 Å². The van der Waals surface area contributed by atoms with E-state index in [0.717, 1.165) is 12.5 Å². The Morgan fingerprint density at radius 3 is 2.00 bits per heavy atom. The molecular formula is C15H28N2O. The maximum absolute atomic E-state index is 10.0. The van der Waals surface area contributed by atoms with Gasteiger partial charge in [0.05, 0.1) is 6.10 Å². The molecule has 1 aliphatic carbocycles. The molecule has 2 atom stereocenters. The molecule has 3 rings (SSSR count). The standard InChI is InChI=1S/C15H28N2O/c18-15-6-4-5-14(15)17-11-7-13(8-12-17)16-9-2-1-3-10-16/h13-15,18H,1-12H2. The molecule has 2 unspecified atom stereocenters. The minimum atomic E-state index is -0.0449. The van der Waals surface area contributed by atoms with Gasteiger partial charge in [0.15, 0.2) is 0 Å². The maximum Gasteiger partial charge on any atom is 0.0695 e. The van der Waals surface area contributed by atoms with Gasteiger partial charge in [-0.05, 0) is 58.0 Å². The number of likely N-dealkylation sites (tertiary alicyclic amines) is 2. The Balaban J connectivity index is 1.48. The number of aliphatic hydroxyl groups excluding tert-OH is 1. The zero-order valence-corrected chi connectivity index (χ0v) is 11.6. The number of hydrogen-bond donors (Lipinski definition) is 1. The van der Waals surface area contributed by atoms with Crippen molar-refractivity contribution < 1.29 is 5.11 Å². The van der Waals surface area contributed by atoms with Crippen LogP contribution in [0.3, 0.4) is 0 Å². The van der Waals surface area contributed by atoms with E-state index in [1.165, 1.54) is 71.1 Å². The van der Waals surface area contributed by atoms with Crippen molar-refractivity contribution in [2.45, 2.75) is 69.6 Å². The normalized spacial score (nSPS) is 37.2. The second-order valence-electron chi connectivity index (χ2n) is 6.43. The Morgan fingerprint density at radius 2 is 1.39 bits per heavy atom. The molecular weight excluding hydrogens is 224 g/mol. The molecule has 0 amide bonds. The largest absolute Gasteiger partial charge is 0.391 e. The van der Waals surface area contributed by atoms with Crippen molar-refractivity contribution in [2.24, 2.45) is 0 Å². The van der Waals surface area contributed by atoms with Crippen LogP contribution in [0.4, 0.5) is 0 Å². The predicted octanol–water partition coefficient (Wildman–Crippen LogP) is 1.85. The Labute approximate surface area is 111 Å². The molecule has 0 aromatic heterocycles. The summed E-state index contributed by atoms with van der Waals surface area (Å²) in [5, 5.41) is 10.0. The highest BCUT2D eigenvalue weighted by atomic mass is 16.3. The minimum absolute atomic E-state index is 0.0449. The van der Waals surface area contributed by atoms with Crippen molar-refractivity contribution in [1.29, 1.82) is 0 Å². The third-order valence-electron chi connectivity index (χ3n) is 5.32. The number of nitrogens with zero attached hydrogens (tertiary/aromatic N) is 2. The molecule has 3 fully saturated rings. The fourth-order valence-electron chi connectivity index (χ4n) is 4.21. The molecule has 2 heterocycles. The molecule has 104 valence electrons. The Bertz CT molecular complexity index is 257. The van der Waals surface area contributed by atoms with Crippen LogP contribution >= 0.6 is 0 Å². The van der Waals surface area contributed by atoms with Crippen molar-refractivity contribution in [2.75, 3.05) is 26.2 Å². The van der Waals surface area contributed by atoms with E-state index in [4.69, 9.17) is 0 Å². The van der Waals surface area contributed by atoms with Gasteiger partial charge in [-0.1, -0.05) is 6.42 Å². The summed E-state index contributed by atoms with van der Waals surface area (Å²) < 4.78 is 0. The second-order valence-corrected chi connectivity index (χ2v) is 6.43. The van der Waals surface area contributed by atoms with E-state index in [0.29, 0.717) is 6.04 Å². The highest BCUT2D eigenvalue weighted by molar-refractivity contribution is 4.89. The summed E-state index contributed by atoms with van der Waals surface area (Å²) in [7, 11) is 0. The summed E-state index contributed by atoms with van der Waals surface area (Å²) in [5.41, 5.74) is 0. The van der Waals surface area contributed by atoms with Crippen LogP contribution in [0.15, 0.2) is 0 Å². The van der Waals surface area contributed by atoms with Gasteiger partial charge >= 0.3 is 0 Å². The van der Waals surface area contributed by atoms with Gasteiger partial charge in [-0.2, -0.15) is 0 Å². The van der Waals surface area contributed by atoms with Crippen LogP contribution in [0.2, 0.25) is 0 Å². The number of hydrogen-bond acceptors (Lipinski definition) is 3. The SMILES string of the molecule is OC1CCCC1N1CCC(N2CCCCC2)CC1. The van der Waals surface area contributed by atoms with E-state index in [9.17, 15) is 5.11 Å². The van der Waals surface area contributed by atoms with Crippen LogP contribution in [0.1, 0.15) is 51.4 Å². The van der Waals surface area contributed by atoms with Crippen molar-refractivity contribution in [3.8, 4) is 0 Å². The number of aliphatic hydroxyl groups is 1. The lowest BCUT2D eigenvalue weighted by Gasteiger charge is -2.42. The van der Waals surface area contributed by atoms with Gasteiger partial charge in [-0.25, -0.2) is 0 Å². The van der Waals surface area contributed by atoms with E-state index < -0.39 is 0 Å². The quantitative estimate of drug-likeness (QED) is 0.812. The van der Waals surface area contributed by atoms with Gasteiger partial charge in [-0.3, -0.25) is 4.90 Å². The molecule has 2 saturated heterocycles. The number of piperidine rings is 2. The summed E-state index contributed by atoms with van der Waals surface area (Å²) in [6, 6.07) is 1.31. The molecule has 0 radical (unpaired) electrons. The molecule has 0 bridgehead atoms. The van der Waals surface area contributed by atoms with E-state index in [1.807, 2.05) is 0 Å². The predicted molar refractivity (Wildman–Crippen MR) is 73.7 cm³/mol. The van der Waals surface area contributed by atoms with Crippen LogP contribution < -0.4 is 0 Å². The average molecular weight is 252 g/mol. The molecule has 0 aromatic carbocycles. The lowest BCUT2D eigenvalue weighted by Crippen LogP contribution is -2.50. The molecule has 1 saturated carbocycles. The van der Waals surface area contributed by atoms with Crippen molar-refractivity contribution in [3.05, 3.63) is 0 Å². The van der Waals surface area contributed by atoms with Crippen LogP contribution in [0.25, 0.3) is 0 Å². The van der Waals surface area contributed by atoms with Crippen molar-refractivity contribution in [3.63, 3.8) is 0 Å². The highest BCUT2D eigenvalue weighted by Gasteiger charge is 2.34. The van der Waals surface area contributed by atoms with Gasteiger partial charge < -0.3 is 10.0 Å². The van der Waals surface area contributed by atoms with Crippen molar-refractivity contribution >= 4 is 0 Å². The van der Waals surface area contributed by atoms with Crippen LogP contribution in [-0.4, -0.2) is 59.3 Å². The van der Waals surface area contributed by atoms with Gasteiger partial charge in [-0.15, -0.1) is 0 Å². The van der Waals surface area contributed by atoms with Gasteiger partial charge in [0, 0.05) is 25.2 Å². The lowest BCUT2D eigenvalue weighted by molar-refractivity contribution is 0.0296. The molecule has 2 aliphatic heterocycles. The van der Waals surface area contributed by atoms with Crippen LogP contribution in [0, 0.1) is 0 Å². The van der Waals surface area contributed by atoms with Gasteiger partial charge in [0.1, 0.15) is 0 Å². The third kappa shape index (κ3) is 2.73. The zero-order valence-electron chi connectivity index (χ0n) is 11.6. The summed E-state index contributed by atoms with van der Waals surface area (Å²) in [5.74, 6) is 0. The van der Waals surface area contributed by atoms with E-state index in [-0.39, 0.29) is 6.10 Å². The monoisotopic (exact) mass is 252 g/mol. The molecule has 3 nitrogen and oxygen atoms in total. The molecule has 0 aromatic rings. The zero-order chi connectivity index (χ0) is 12.4. The Hall–Kier alpha value is -0.120. The maximum atomic E-state index is 10.0. The summed E-state index contributed by atoms with van der Waals surface area (Å²) in [6.07, 6.45) is 10.3. The smallest absolute Gasteiger partial charge is 0.0695 e. The summed E-state index contributed by atoms with van der Waals surface area (Å²) >= 11 is 0. The average Bonchev–Trinajstić information content (AvgIpc) is 2.86. The second kappa shape index (κ2) is 5.89. The first-order valence-electron chi connectivity index (χ1n) is 8.01. The molecule has 18 heavy (non-hydrogen) atoms. The van der Waals surface area contributed by atoms with Crippen LogP contribution in [-0.2, 0) is 0 Å². The molecule has 1 N–H and O–H groups in total. The first-order chi connectivity index (χ1) is 8.84. The fraction of sp³-hybridized carbons (Fsp3) is 1.00. The Kier molecular flexibility index (Phi) is 4.22. The third-order valence-corrected chi connectivity index (χ3v) is 5.32. The number of rotatable bonds is 2. The van der Waals surface area contributed by atoms with E-state index >= 15 is 0 Å². The fourth-order valence-corrected chi connectivity index (χ4v) is 4.21. The van der Waals surface area contributed by atoms with E-state index in [2.05, 4.69) is 9.80 Å². The highest BCUT2D eigenvalue weighted by Crippen LogP contribution is 2.28. The lowest BCUT2D eigenvalue weighted by atomic mass is 9.98. The van der Waals surface area contributed by atoms with Gasteiger partial charge in [0.2, 0.25) is 0 Å². The van der Waals surface area contributed by atoms with Gasteiger partial charge in [0.25, 0.3) is 0 Å².